The fourth-order valence-electron chi connectivity index (χ4n) is 4.68. The molecule has 1 saturated heterocycles. The summed E-state index contributed by atoms with van der Waals surface area (Å²) in [4.78, 5) is 39.5. The number of amides is 1. The Hall–Kier alpha value is -3.66. The molecule has 0 unspecified atom stereocenters. The van der Waals surface area contributed by atoms with Gasteiger partial charge in [-0.2, -0.15) is 0 Å². The van der Waals surface area contributed by atoms with E-state index in [1.54, 1.807) is 0 Å². The summed E-state index contributed by atoms with van der Waals surface area (Å²) in [5.41, 5.74) is 3.08. The number of piperazine rings is 1. The summed E-state index contributed by atoms with van der Waals surface area (Å²) in [7, 11) is 0. The minimum Gasteiger partial charge on any atom is -0.493 e. The number of hydrogen-bond acceptors (Lipinski definition) is 7. The second-order valence-electron chi connectivity index (χ2n) is 8.73. The number of fused-ring (bicyclic) bond motifs is 2. The zero-order valence-electron chi connectivity index (χ0n) is 18.8. The molecule has 34 heavy (non-hydrogen) atoms. The predicted octanol–water partition coefficient (Wildman–Crippen LogP) is 2.56. The molecule has 0 N–H and O–H groups in total. The zero-order valence-corrected chi connectivity index (χ0v) is 18.8. The van der Waals surface area contributed by atoms with Crippen molar-refractivity contribution in [3.8, 4) is 5.75 Å². The molecular weight excluding hydrogens is 440 g/mol. The number of oxazole rings is 1. The topological polar surface area (TPSA) is 111 Å². The van der Waals surface area contributed by atoms with Crippen LogP contribution in [0.3, 0.4) is 0 Å². The third-order valence-electron chi connectivity index (χ3n) is 6.52. The van der Waals surface area contributed by atoms with Gasteiger partial charge in [0.15, 0.2) is 5.58 Å². The van der Waals surface area contributed by atoms with Crippen LogP contribution in [0, 0.1) is 10.1 Å². The quantitative estimate of drug-likeness (QED) is 0.389. The van der Waals surface area contributed by atoms with Crippen molar-refractivity contribution < 1.29 is 18.9 Å². The van der Waals surface area contributed by atoms with Gasteiger partial charge in [0, 0.05) is 58.2 Å². The van der Waals surface area contributed by atoms with Gasteiger partial charge >= 0.3 is 5.76 Å². The van der Waals surface area contributed by atoms with Crippen molar-refractivity contribution in [3.05, 3.63) is 68.2 Å². The van der Waals surface area contributed by atoms with Crippen molar-refractivity contribution in [2.45, 2.75) is 32.4 Å². The van der Waals surface area contributed by atoms with Gasteiger partial charge in [-0.3, -0.25) is 24.4 Å². The Labute approximate surface area is 195 Å². The molecule has 0 saturated carbocycles. The first-order chi connectivity index (χ1) is 16.5. The van der Waals surface area contributed by atoms with Crippen molar-refractivity contribution in [3.63, 3.8) is 0 Å². The molecule has 2 aliphatic rings. The lowest BCUT2D eigenvalue weighted by Gasteiger charge is -2.35. The third-order valence-corrected chi connectivity index (χ3v) is 6.52. The molecule has 3 heterocycles. The van der Waals surface area contributed by atoms with E-state index in [1.807, 2.05) is 11.0 Å². The fraction of sp³-hybridized carbons (Fsp3) is 0.417. The number of non-ortho nitro benzene ring substituents is 1. The molecule has 2 aliphatic heterocycles. The third kappa shape index (κ3) is 4.54. The number of aryl methyl sites for hydroxylation is 1. The number of benzene rings is 2. The number of nitro benzene ring substituents is 1. The SMILES string of the molecule is O=C(CCCn1c(=O)oc2cc([N+](=O)[O-])ccc21)N1CCN(Cc2ccc3c(c2)CCO3)CC1. The van der Waals surface area contributed by atoms with Crippen molar-refractivity contribution in [2.24, 2.45) is 0 Å². The molecule has 0 spiro atoms. The van der Waals surface area contributed by atoms with Gasteiger partial charge in [0.05, 0.1) is 23.1 Å². The Balaban J connectivity index is 1.11. The van der Waals surface area contributed by atoms with Gasteiger partial charge in [-0.25, -0.2) is 4.79 Å². The molecular formula is C24H26N4O6. The molecule has 3 aromatic rings. The number of nitro groups is 1. The molecule has 0 bridgehead atoms. The average molecular weight is 466 g/mol. The first kappa shape index (κ1) is 22.1. The molecule has 10 heteroatoms. The van der Waals surface area contributed by atoms with Gasteiger partial charge < -0.3 is 14.1 Å². The molecule has 2 aromatic carbocycles. The van der Waals surface area contributed by atoms with Crippen LogP contribution in [-0.4, -0.2) is 58.0 Å². The zero-order chi connectivity index (χ0) is 23.7. The standard InChI is InChI=1S/C24H26N4O6/c29-23(2-1-8-27-20-5-4-19(28(31)32)15-22(20)34-24(27)30)26-11-9-25(10-12-26)16-17-3-6-21-18(14-17)7-13-33-21/h3-6,14-15H,1-2,7-13,16H2. The van der Waals surface area contributed by atoms with E-state index in [1.165, 1.54) is 33.9 Å². The smallest absolute Gasteiger partial charge is 0.419 e. The lowest BCUT2D eigenvalue weighted by molar-refractivity contribution is -0.384. The molecule has 1 fully saturated rings. The molecule has 0 aliphatic carbocycles. The number of nitrogens with zero attached hydrogens (tertiary/aromatic N) is 4. The minimum atomic E-state index is -0.574. The predicted molar refractivity (Wildman–Crippen MR) is 124 cm³/mol. The Bertz CT molecular complexity index is 1290. The summed E-state index contributed by atoms with van der Waals surface area (Å²) < 4.78 is 12.1. The molecule has 10 nitrogen and oxygen atoms in total. The lowest BCUT2D eigenvalue weighted by Crippen LogP contribution is -2.48. The minimum absolute atomic E-state index is 0.0748. The highest BCUT2D eigenvalue weighted by molar-refractivity contribution is 5.77. The maximum Gasteiger partial charge on any atom is 0.419 e. The van der Waals surface area contributed by atoms with Crippen LogP contribution in [0.2, 0.25) is 0 Å². The Morgan fingerprint density at radius 2 is 1.91 bits per heavy atom. The number of ether oxygens (including phenoxy) is 1. The number of carbonyl (C=O) groups excluding carboxylic acids is 1. The second kappa shape index (κ2) is 9.30. The van der Waals surface area contributed by atoms with Gasteiger partial charge in [-0.1, -0.05) is 12.1 Å². The molecule has 1 aromatic heterocycles. The van der Waals surface area contributed by atoms with Gasteiger partial charge in [0.1, 0.15) is 5.75 Å². The van der Waals surface area contributed by atoms with Gasteiger partial charge in [-0.05, 0) is 29.7 Å². The highest BCUT2D eigenvalue weighted by Crippen LogP contribution is 2.26. The van der Waals surface area contributed by atoms with E-state index in [2.05, 4.69) is 17.0 Å². The maximum absolute atomic E-state index is 12.7. The molecule has 1 amide bonds. The van der Waals surface area contributed by atoms with Crippen LogP contribution in [0.4, 0.5) is 5.69 Å². The van der Waals surface area contributed by atoms with E-state index in [0.29, 0.717) is 38.0 Å². The van der Waals surface area contributed by atoms with Crippen LogP contribution in [0.15, 0.2) is 45.6 Å². The Kier molecular flexibility index (Phi) is 6.06. The van der Waals surface area contributed by atoms with E-state index in [0.717, 1.165) is 38.4 Å². The summed E-state index contributed by atoms with van der Waals surface area (Å²) in [5.74, 6) is 0.492. The maximum atomic E-state index is 12.7. The second-order valence-corrected chi connectivity index (χ2v) is 8.73. The van der Waals surface area contributed by atoms with Crippen LogP contribution in [0.25, 0.3) is 11.1 Å². The highest BCUT2D eigenvalue weighted by Gasteiger charge is 2.22. The number of aromatic nitrogens is 1. The first-order valence-electron chi connectivity index (χ1n) is 11.5. The highest BCUT2D eigenvalue weighted by atomic mass is 16.6. The van der Waals surface area contributed by atoms with E-state index in [4.69, 9.17) is 9.15 Å². The number of hydrogen-bond donors (Lipinski definition) is 0. The van der Waals surface area contributed by atoms with Crippen LogP contribution in [0.5, 0.6) is 5.75 Å². The molecule has 0 radical (unpaired) electrons. The Morgan fingerprint density at radius 3 is 2.71 bits per heavy atom. The molecule has 5 rings (SSSR count). The first-order valence-corrected chi connectivity index (χ1v) is 11.5. The van der Waals surface area contributed by atoms with Crippen molar-refractivity contribution in [1.82, 2.24) is 14.4 Å². The largest absolute Gasteiger partial charge is 0.493 e. The van der Waals surface area contributed by atoms with Crippen LogP contribution in [-0.2, 0) is 24.3 Å². The van der Waals surface area contributed by atoms with Gasteiger partial charge in [0.2, 0.25) is 5.91 Å². The molecule has 178 valence electrons. The van der Waals surface area contributed by atoms with E-state index in [-0.39, 0.29) is 17.2 Å². The number of carbonyl (C=O) groups is 1. The van der Waals surface area contributed by atoms with E-state index < -0.39 is 10.7 Å². The summed E-state index contributed by atoms with van der Waals surface area (Å²) in [6, 6.07) is 10.5. The monoisotopic (exact) mass is 466 g/mol. The van der Waals surface area contributed by atoms with Crippen LogP contribution < -0.4 is 10.5 Å². The van der Waals surface area contributed by atoms with Crippen LogP contribution >= 0.6 is 0 Å². The Morgan fingerprint density at radius 1 is 1.09 bits per heavy atom. The van der Waals surface area contributed by atoms with Crippen molar-refractivity contribution in [1.29, 1.82) is 0 Å². The van der Waals surface area contributed by atoms with E-state index >= 15 is 0 Å². The summed E-state index contributed by atoms with van der Waals surface area (Å²) in [6.45, 7) is 4.96. The summed E-state index contributed by atoms with van der Waals surface area (Å²) >= 11 is 0. The lowest BCUT2D eigenvalue weighted by atomic mass is 10.1. The van der Waals surface area contributed by atoms with E-state index in [9.17, 15) is 19.7 Å². The fourth-order valence-corrected chi connectivity index (χ4v) is 4.68. The normalized spacial score (nSPS) is 15.9. The van der Waals surface area contributed by atoms with Gasteiger partial charge in [-0.15, -0.1) is 0 Å². The average Bonchev–Trinajstić information content (AvgIpc) is 3.42. The van der Waals surface area contributed by atoms with Crippen LogP contribution in [0.1, 0.15) is 24.0 Å². The van der Waals surface area contributed by atoms with Crippen molar-refractivity contribution >= 4 is 22.7 Å². The summed E-state index contributed by atoms with van der Waals surface area (Å²) in [5, 5.41) is 10.9. The summed E-state index contributed by atoms with van der Waals surface area (Å²) in [6.07, 6.45) is 1.78. The van der Waals surface area contributed by atoms with Gasteiger partial charge in [0.25, 0.3) is 5.69 Å². The van der Waals surface area contributed by atoms with Crippen molar-refractivity contribution in [2.75, 3.05) is 32.8 Å². The number of rotatable bonds is 7. The molecule has 0 atom stereocenters.